The molecule has 4 nitrogen and oxygen atoms in total. The summed E-state index contributed by atoms with van der Waals surface area (Å²) in [5.41, 5.74) is 7.02. The third kappa shape index (κ3) is 4.30. The van der Waals surface area contributed by atoms with Gasteiger partial charge in [-0.15, -0.1) is 0 Å². The quantitative estimate of drug-likeness (QED) is 0.664. The Balaban J connectivity index is 3.39. The van der Waals surface area contributed by atoms with Gasteiger partial charge in [0.25, 0.3) is 0 Å². The number of anilines is 1. The van der Waals surface area contributed by atoms with Crippen molar-refractivity contribution in [3.05, 3.63) is 28.8 Å². The molecule has 0 aliphatic heterocycles. The van der Waals surface area contributed by atoms with Gasteiger partial charge < -0.3 is 9.98 Å². The van der Waals surface area contributed by atoms with Gasteiger partial charge in [0.1, 0.15) is 0 Å². The Labute approximate surface area is 124 Å². The average Bonchev–Trinajstić information content (AvgIpc) is 2.24. The van der Waals surface area contributed by atoms with Crippen molar-refractivity contribution in [3.63, 3.8) is 0 Å². The fraction of sp³-hybridized carbons (Fsp3) is 0.600. The largest absolute Gasteiger partial charge is 0.759 e. The van der Waals surface area contributed by atoms with Crippen LogP contribution in [0, 0.1) is 6.92 Å². The monoisotopic (exact) mass is 297 g/mol. The summed E-state index contributed by atoms with van der Waals surface area (Å²) in [6, 6.07) is 4.22. The van der Waals surface area contributed by atoms with Crippen molar-refractivity contribution >= 4 is 17.0 Å². The van der Waals surface area contributed by atoms with Crippen LogP contribution in [0.1, 0.15) is 58.2 Å². The average molecular weight is 297 g/mol. The minimum absolute atomic E-state index is 0.000741. The lowest BCUT2D eigenvalue weighted by molar-refractivity contribution is 0.528. The third-order valence-electron chi connectivity index (χ3n) is 3.35. The van der Waals surface area contributed by atoms with Gasteiger partial charge in [0, 0.05) is 11.3 Å². The normalized spacial score (nSPS) is 14.2. The van der Waals surface area contributed by atoms with E-state index >= 15 is 0 Å². The lowest BCUT2D eigenvalue weighted by Gasteiger charge is -2.29. The molecule has 1 aromatic rings. The van der Waals surface area contributed by atoms with Crippen LogP contribution in [0.2, 0.25) is 0 Å². The predicted molar refractivity (Wildman–Crippen MR) is 84.3 cm³/mol. The van der Waals surface area contributed by atoms with Crippen LogP contribution < -0.4 is 10.3 Å². The predicted octanol–water partition coefficient (Wildman–Crippen LogP) is 3.30. The highest BCUT2D eigenvalue weighted by molar-refractivity contribution is 7.77. The van der Waals surface area contributed by atoms with Crippen LogP contribution >= 0.6 is 0 Å². The van der Waals surface area contributed by atoms with E-state index in [1.165, 1.54) is 11.1 Å². The van der Waals surface area contributed by atoms with E-state index in [1.807, 2.05) is 13.0 Å². The van der Waals surface area contributed by atoms with E-state index in [0.29, 0.717) is 0 Å². The fourth-order valence-corrected chi connectivity index (χ4v) is 2.35. The number of nitrogens with one attached hydrogen (secondary N) is 2. The van der Waals surface area contributed by atoms with Crippen molar-refractivity contribution in [2.75, 3.05) is 5.43 Å². The summed E-state index contributed by atoms with van der Waals surface area (Å²) in [7, 11) is 0. The van der Waals surface area contributed by atoms with Crippen molar-refractivity contribution in [2.24, 2.45) is 0 Å². The first-order valence-corrected chi connectivity index (χ1v) is 7.77. The molecule has 0 bridgehead atoms. The Morgan fingerprint density at radius 3 is 2.00 bits per heavy atom. The first kappa shape index (κ1) is 17.1. The molecule has 0 aliphatic rings. The minimum Gasteiger partial charge on any atom is -0.759 e. The highest BCUT2D eigenvalue weighted by Crippen LogP contribution is 2.35. The third-order valence-corrected chi connectivity index (χ3v) is 3.62. The van der Waals surface area contributed by atoms with Crippen molar-refractivity contribution in [3.8, 4) is 0 Å². The van der Waals surface area contributed by atoms with Crippen LogP contribution in [0.15, 0.2) is 12.1 Å². The SMILES string of the molecule is Cc1c(NNS(=O)[O-])cc(C(C)(C)C)cc1C(C)(C)C. The molecule has 1 unspecified atom stereocenters. The Kier molecular flexibility index (Phi) is 5.00. The zero-order chi connectivity index (χ0) is 15.7. The van der Waals surface area contributed by atoms with E-state index in [9.17, 15) is 8.76 Å². The van der Waals surface area contributed by atoms with E-state index in [1.54, 1.807) is 0 Å². The maximum absolute atomic E-state index is 10.7. The number of benzene rings is 1. The molecule has 2 N–H and O–H groups in total. The summed E-state index contributed by atoms with van der Waals surface area (Å²) in [4.78, 5) is 2.23. The van der Waals surface area contributed by atoms with Gasteiger partial charge in [-0.3, -0.25) is 4.21 Å². The second-order valence-corrected chi connectivity index (χ2v) is 7.83. The van der Waals surface area contributed by atoms with E-state index in [0.717, 1.165) is 11.3 Å². The molecule has 5 heteroatoms. The Hall–Kier alpha value is -0.910. The second-order valence-electron chi connectivity index (χ2n) is 7.16. The van der Waals surface area contributed by atoms with Crippen molar-refractivity contribution in [2.45, 2.75) is 59.3 Å². The lowest BCUT2D eigenvalue weighted by Crippen LogP contribution is -2.26. The lowest BCUT2D eigenvalue weighted by atomic mass is 9.78. The standard InChI is InChI=1S/C15H26N2O2S/c1-10-12(15(5,6)7)8-11(14(2,3)4)9-13(10)16-17-20(18)19/h8-9,16-17H,1-7H3,(H,18,19)/p-1. The zero-order valence-electron chi connectivity index (χ0n) is 13.4. The van der Waals surface area contributed by atoms with Gasteiger partial charge in [-0.2, -0.15) is 4.83 Å². The molecule has 0 radical (unpaired) electrons. The molecule has 0 saturated heterocycles. The second kappa shape index (κ2) is 5.84. The molecule has 0 saturated carbocycles. The zero-order valence-corrected chi connectivity index (χ0v) is 14.2. The van der Waals surface area contributed by atoms with Crippen LogP contribution in [-0.4, -0.2) is 8.76 Å². The molecule has 0 aliphatic carbocycles. The molecule has 1 aromatic carbocycles. The first-order chi connectivity index (χ1) is 8.93. The van der Waals surface area contributed by atoms with Crippen LogP contribution in [0.5, 0.6) is 0 Å². The van der Waals surface area contributed by atoms with Gasteiger partial charge in [-0.25, -0.2) is 0 Å². The molecule has 0 fully saturated rings. The van der Waals surface area contributed by atoms with E-state index in [2.05, 4.69) is 57.9 Å². The summed E-state index contributed by atoms with van der Waals surface area (Å²) < 4.78 is 21.3. The summed E-state index contributed by atoms with van der Waals surface area (Å²) >= 11 is -2.34. The molecule has 0 amide bonds. The Morgan fingerprint density at radius 2 is 1.60 bits per heavy atom. The fourth-order valence-electron chi connectivity index (χ4n) is 2.15. The topological polar surface area (TPSA) is 64.2 Å². The molecule has 0 spiro atoms. The first-order valence-electron chi connectivity index (χ1n) is 6.69. The molecule has 20 heavy (non-hydrogen) atoms. The van der Waals surface area contributed by atoms with Gasteiger partial charge in [-0.05, 0) is 40.5 Å². The molecule has 1 rings (SSSR count). The maximum atomic E-state index is 10.7. The van der Waals surface area contributed by atoms with E-state index in [-0.39, 0.29) is 10.8 Å². The van der Waals surface area contributed by atoms with Gasteiger partial charge in [0.2, 0.25) is 0 Å². The summed E-state index contributed by atoms with van der Waals surface area (Å²) in [6.45, 7) is 14.9. The molecular formula is C15H25N2O2S-. The maximum Gasteiger partial charge on any atom is 0.0532 e. The number of hydrogen-bond donors (Lipinski definition) is 2. The highest BCUT2D eigenvalue weighted by atomic mass is 32.2. The molecule has 1 atom stereocenters. The Bertz CT molecular complexity index is 514. The summed E-state index contributed by atoms with van der Waals surface area (Å²) in [6.07, 6.45) is 0. The summed E-state index contributed by atoms with van der Waals surface area (Å²) in [5, 5.41) is 0. The van der Waals surface area contributed by atoms with Gasteiger partial charge in [0.15, 0.2) is 0 Å². The number of hydrazine groups is 1. The molecular weight excluding hydrogens is 272 g/mol. The van der Waals surface area contributed by atoms with Gasteiger partial charge in [0.05, 0.1) is 5.69 Å². The van der Waals surface area contributed by atoms with Crippen LogP contribution in [-0.2, 0) is 22.1 Å². The smallest absolute Gasteiger partial charge is 0.0532 e. The van der Waals surface area contributed by atoms with Crippen LogP contribution in [0.3, 0.4) is 0 Å². The van der Waals surface area contributed by atoms with E-state index in [4.69, 9.17) is 0 Å². The highest BCUT2D eigenvalue weighted by Gasteiger charge is 2.23. The molecule has 0 heterocycles. The number of rotatable bonds is 3. The van der Waals surface area contributed by atoms with Crippen LogP contribution in [0.4, 0.5) is 5.69 Å². The molecule has 114 valence electrons. The molecule has 0 aromatic heterocycles. The number of hydrogen-bond acceptors (Lipinski definition) is 3. The minimum atomic E-state index is -2.34. The van der Waals surface area contributed by atoms with Gasteiger partial charge >= 0.3 is 0 Å². The van der Waals surface area contributed by atoms with Crippen molar-refractivity contribution < 1.29 is 8.76 Å². The Morgan fingerprint density at radius 1 is 1.05 bits per heavy atom. The van der Waals surface area contributed by atoms with Gasteiger partial charge in [-0.1, -0.05) is 47.6 Å². The summed E-state index contributed by atoms with van der Waals surface area (Å²) in [5.74, 6) is 0. The van der Waals surface area contributed by atoms with Crippen molar-refractivity contribution in [1.82, 2.24) is 4.83 Å². The van der Waals surface area contributed by atoms with E-state index < -0.39 is 11.3 Å². The van der Waals surface area contributed by atoms with Crippen molar-refractivity contribution in [1.29, 1.82) is 0 Å². The van der Waals surface area contributed by atoms with Crippen LogP contribution in [0.25, 0.3) is 0 Å².